The summed E-state index contributed by atoms with van der Waals surface area (Å²) in [5.41, 5.74) is 2.07. The predicted molar refractivity (Wildman–Crippen MR) is 116 cm³/mol. The van der Waals surface area contributed by atoms with Crippen molar-refractivity contribution in [1.82, 2.24) is 19.4 Å². The number of fused-ring (bicyclic) bond motifs is 1. The fourth-order valence-electron chi connectivity index (χ4n) is 3.66. The monoisotopic (exact) mass is 420 g/mol. The van der Waals surface area contributed by atoms with Crippen LogP contribution in [0.25, 0.3) is 10.9 Å². The lowest BCUT2D eigenvalue weighted by molar-refractivity contribution is 0.0570. The number of hydrogen-bond donors (Lipinski definition) is 0. The van der Waals surface area contributed by atoms with Gasteiger partial charge >= 0.3 is 6.09 Å². The van der Waals surface area contributed by atoms with Crippen LogP contribution < -0.4 is 5.56 Å². The van der Waals surface area contributed by atoms with Crippen molar-refractivity contribution in [3.05, 3.63) is 76.3 Å². The predicted octanol–water partition coefficient (Wildman–Crippen LogP) is 2.36. The van der Waals surface area contributed by atoms with Gasteiger partial charge in [-0.05, 0) is 36.8 Å². The molecule has 0 bridgehead atoms. The first kappa shape index (κ1) is 20.6. The Kier molecular flexibility index (Phi) is 5.97. The number of piperazine rings is 1. The molecular weight excluding hydrogens is 396 g/mol. The van der Waals surface area contributed by atoms with E-state index >= 15 is 0 Å². The number of carbonyl (C=O) groups is 2. The van der Waals surface area contributed by atoms with Crippen LogP contribution in [0.2, 0.25) is 0 Å². The molecule has 0 spiro atoms. The second-order valence-corrected chi connectivity index (χ2v) is 7.37. The lowest BCUT2D eigenvalue weighted by atomic mass is 10.1. The van der Waals surface area contributed by atoms with E-state index in [9.17, 15) is 14.4 Å². The molecule has 1 aromatic heterocycles. The molecule has 31 heavy (non-hydrogen) atoms. The van der Waals surface area contributed by atoms with Crippen LogP contribution in [0.1, 0.15) is 22.8 Å². The number of benzene rings is 2. The molecule has 1 fully saturated rings. The van der Waals surface area contributed by atoms with E-state index in [1.165, 1.54) is 0 Å². The Bertz CT molecular complexity index is 1150. The van der Waals surface area contributed by atoms with E-state index in [2.05, 4.69) is 4.98 Å². The molecule has 0 saturated carbocycles. The van der Waals surface area contributed by atoms with Gasteiger partial charge in [0.05, 0.1) is 30.4 Å². The first-order valence-electron chi connectivity index (χ1n) is 10.3. The highest BCUT2D eigenvalue weighted by Crippen LogP contribution is 2.12. The average Bonchev–Trinajstić information content (AvgIpc) is 2.81. The summed E-state index contributed by atoms with van der Waals surface area (Å²) in [5, 5.41) is 0.582. The van der Waals surface area contributed by atoms with Crippen LogP contribution >= 0.6 is 0 Å². The molecule has 1 saturated heterocycles. The molecule has 4 rings (SSSR count). The van der Waals surface area contributed by atoms with Gasteiger partial charge in [0.1, 0.15) is 0 Å². The fourth-order valence-corrected chi connectivity index (χ4v) is 3.66. The second-order valence-electron chi connectivity index (χ2n) is 7.37. The molecule has 3 aromatic rings. The summed E-state index contributed by atoms with van der Waals surface area (Å²) in [6, 6.07) is 14.5. The van der Waals surface area contributed by atoms with Crippen LogP contribution in [-0.4, -0.2) is 64.1 Å². The maximum Gasteiger partial charge on any atom is 0.409 e. The summed E-state index contributed by atoms with van der Waals surface area (Å²) in [5.74, 6) is -0.0698. The molecule has 1 aliphatic rings. The van der Waals surface area contributed by atoms with Crippen molar-refractivity contribution in [3.63, 3.8) is 0 Å². The standard InChI is InChI=1S/C23H24N4O4/c1-2-31-23(30)26-13-11-25(12-14-26)21(28)18-9-7-17(8-10-18)15-27-16-24-20-6-4-3-5-19(20)22(27)29/h3-10,16H,2,11-15H2,1H3. The summed E-state index contributed by atoms with van der Waals surface area (Å²) in [6.45, 7) is 4.35. The van der Waals surface area contributed by atoms with Gasteiger partial charge in [0.25, 0.3) is 11.5 Å². The Morgan fingerprint density at radius 1 is 0.968 bits per heavy atom. The molecule has 2 amide bonds. The van der Waals surface area contributed by atoms with E-state index in [-0.39, 0.29) is 17.6 Å². The van der Waals surface area contributed by atoms with Crippen molar-refractivity contribution in [2.75, 3.05) is 32.8 Å². The van der Waals surface area contributed by atoms with Gasteiger partial charge in [0.2, 0.25) is 0 Å². The first-order valence-corrected chi connectivity index (χ1v) is 10.3. The van der Waals surface area contributed by atoms with Gasteiger partial charge in [-0.3, -0.25) is 14.2 Å². The zero-order valence-electron chi connectivity index (χ0n) is 17.4. The van der Waals surface area contributed by atoms with Crippen LogP contribution in [0.15, 0.2) is 59.7 Å². The number of amides is 2. The van der Waals surface area contributed by atoms with Crippen molar-refractivity contribution < 1.29 is 14.3 Å². The van der Waals surface area contributed by atoms with Gasteiger partial charge in [-0.2, -0.15) is 0 Å². The van der Waals surface area contributed by atoms with Crippen LogP contribution in [-0.2, 0) is 11.3 Å². The van der Waals surface area contributed by atoms with E-state index in [1.54, 1.807) is 45.8 Å². The molecule has 0 N–H and O–H groups in total. The van der Waals surface area contributed by atoms with Gasteiger partial charge in [-0.15, -0.1) is 0 Å². The van der Waals surface area contributed by atoms with Crippen LogP contribution in [0.4, 0.5) is 4.79 Å². The SMILES string of the molecule is CCOC(=O)N1CCN(C(=O)c2ccc(Cn3cnc4ccccc4c3=O)cc2)CC1. The minimum Gasteiger partial charge on any atom is -0.450 e. The van der Waals surface area contributed by atoms with Crippen molar-refractivity contribution in [2.24, 2.45) is 0 Å². The van der Waals surface area contributed by atoms with Gasteiger partial charge in [0.15, 0.2) is 0 Å². The Balaban J connectivity index is 1.41. The molecule has 0 radical (unpaired) electrons. The van der Waals surface area contributed by atoms with Gasteiger partial charge in [-0.1, -0.05) is 24.3 Å². The molecule has 2 heterocycles. The maximum atomic E-state index is 12.8. The maximum absolute atomic E-state index is 12.8. The summed E-state index contributed by atoms with van der Waals surface area (Å²) in [4.78, 5) is 44.9. The quantitative estimate of drug-likeness (QED) is 0.647. The fraction of sp³-hybridized carbons (Fsp3) is 0.304. The van der Waals surface area contributed by atoms with E-state index in [4.69, 9.17) is 4.74 Å². The Hall–Kier alpha value is -3.68. The number of ether oxygens (including phenoxy) is 1. The van der Waals surface area contributed by atoms with Crippen molar-refractivity contribution in [3.8, 4) is 0 Å². The smallest absolute Gasteiger partial charge is 0.409 e. The van der Waals surface area contributed by atoms with Crippen molar-refractivity contribution in [1.29, 1.82) is 0 Å². The molecule has 1 aliphatic heterocycles. The number of carbonyl (C=O) groups excluding carboxylic acids is 2. The van der Waals surface area contributed by atoms with E-state index in [0.29, 0.717) is 55.8 Å². The largest absolute Gasteiger partial charge is 0.450 e. The molecule has 8 nitrogen and oxygen atoms in total. The van der Waals surface area contributed by atoms with Crippen molar-refractivity contribution >= 4 is 22.9 Å². The number of hydrogen-bond acceptors (Lipinski definition) is 5. The summed E-state index contributed by atoms with van der Waals surface area (Å²) in [6.07, 6.45) is 1.21. The van der Waals surface area contributed by atoms with E-state index < -0.39 is 0 Å². The zero-order valence-corrected chi connectivity index (χ0v) is 17.4. The molecule has 0 aliphatic carbocycles. The molecule has 8 heteroatoms. The Morgan fingerprint density at radius 2 is 1.65 bits per heavy atom. The minimum absolute atomic E-state index is 0.0698. The second kappa shape index (κ2) is 8.99. The summed E-state index contributed by atoms with van der Waals surface area (Å²) >= 11 is 0. The van der Waals surface area contributed by atoms with Gasteiger partial charge < -0.3 is 14.5 Å². The van der Waals surface area contributed by atoms with E-state index in [0.717, 1.165) is 5.56 Å². The first-order chi connectivity index (χ1) is 15.1. The normalized spacial score (nSPS) is 14.0. The lowest BCUT2D eigenvalue weighted by Gasteiger charge is -2.34. The summed E-state index contributed by atoms with van der Waals surface area (Å²) < 4.78 is 6.57. The highest BCUT2D eigenvalue weighted by Gasteiger charge is 2.25. The highest BCUT2D eigenvalue weighted by atomic mass is 16.6. The van der Waals surface area contributed by atoms with E-state index in [1.807, 2.05) is 30.3 Å². The van der Waals surface area contributed by atoms with Gasteiger partial charge in [0, 0.05) is 31.7 Å². The Morgan fingerprint density at radius 3 is 2.35 bits per heavy atom. The van der Waals surface area contributed by atoms with Crippen LogP contribution in [0.5, 0.6) is 0 Å². The zero-order chi connectivity index (χ0) is 21.8. The number of aromatic nitrogens is 2. The topological polar surface area (TPSA) is 84.7 Å². The third-order valence-corrected chi connectivity index (χ3v) is 5.38. The van der Waals surface area contributed by atoms with Crippen LogP contribution in [0.3, 0.4) is 0 Å². The molecular formula is C23H24N4O4. The Labute approximate surface area is 179 Å². The average molecular weight is 420 g/mol. The number of rotatable bonds is 4. The highest BCUT2D eigenvalue weighted by molar-refractivity contribution is 5.94. The minimum atomic E-state index is -0.336. The molecule has 2 aromatic carbocycles. The molecule has 160 valence electrons. The van der Waals surface area contributed by atoms with Crippen LogP contribution in [0, 0.1) is 0 Å². The third-order valence-electron chi connectivity index (χ3n) is 5.38. The van der Waals surface area contributed by atoms with Crippen molar-refractivity contribution in [2.45, 2.75) is 13.5 Å². The number of nitrogens with zero attached hydrogens (tertiary/aromatic N) is 4. The lowest BCUT2D eigenvalue weighted by Crippen LogP contribution is -2.50. The number of para-hydroxylation sites is 1. The molecule has 0 atom stereocenters. The summed E-state index contributed by atoms with van der Waals surface area (Å²) in [7, 11) is 0. The van der Waals surface area contributed by atoms with Gasteiger partial charge in [-0.25, -0.2) is 9.78 Å². The molecule has 0 unspecified atom stereocenters. The third kappa shape index (κ3) is 4.42.